The van der Waals surface area contributed by atoms with Crippen LogP contribution in [0.4, 0.5) is 0 Å². The topological polar surface area (TPSA) is 31.4 Å². The lowest BCUT2D eigenvalue weighted by Crippen LogP contribution is -2.00. The lowest BCUT2D eigenvalue weighted by molar-refractivity contribution is 0.415. The Morgan fingerprint density at radius 1 is 0.667 bits per heavy atom. The largest absolute Gasteiger partial charge is 0.497 e. The van der Waals surface area contributed by atoms with Crippen molar-refractivity contribution in [3.05, 3.63) is 65.7 Å². The van der Waals surface area contributed by atoms with Crippen LogP contribution in [0.15, 0.2) is 54.6 Å². The highest BCUT2D eigenvalue weighted by Crippen LogP contribution is 2.31. The second-order valence-electron chi connectivity index (χ2n) is 9.34. The lowest BCUT2D eigenvalue weighted by Gasteiger charge is -2.13. The molecule has 0 amide bonds. The minimum Gasteiger partial charge on any atom is -0.497 e. The molecule has 1 aromatic heterocycles. The van der Waals surface area contributed by atoms with Gasteiger partial charge in [-0.15, -0.1) is 5.92 Å². The summed E-state index contributed by atoms with van der Waals surface area (Å²) in [5.41, 5.74) is 5.63. The van der Waals surface area contributed by atoms with Gasteiger partial charge in [0.15, 0.2) is 0 Å². The number of hydrogen-bond donors (Lipinski definition) is 0. The fraction of sp³-hybridized carbons (Fsp3) is 0.361. The number of rotatable bonds is 11. The zero-order chi connectivity index (χ0) is 27.7. The molecule has 0 radical (unpaired) electrons. The summed E-state index contributed by atoms with van der Waals surface area (Å²) in [5.74, 6) is 21.1. The molecule has 3 rings (SSSR count). The molecular weight excluding hydrogens is 478 g/mol. The number of aromatic nitrogens is 1. The fourth-order valence-electron chi connectivity index (χ4n) is 4.12. The normalized spacial score (nSPS) is 9.85. The van der Waals surface area contributed by atoms with Crippen molar-refractivity contribution < 1.29 is 9.47 Å². The number of hydrogen-bond acceptors (Lipinski definition) is 3. The molecule has 3 nitrogen and oxygen atoms in total. The van der Waals surface area contributed by atoms with Crippen LogP contribution in [0, 0.1) is 35.5 Å². The highest BCUT2D eigenvalue weighted by atomic mass is 16.5. The van der Waals surface area contributed by atoms with Crippen LogP contribution >= 0.6 is 0 Å². The molecule has 0 saturated carbocycles. The Morgan fingerprint density at radius 3 is 1.85 bits per heavy atom. The van der Waals surface area contributed by atoms with Gasteiger partial charge in [-0.1, -0.05) is 57.3 Å². The maximum atomic E-state index is 5.39. The third kappa shape index (κ3) is 9.28. The zero-order valence-electron chi connectivity index (χ0n) is 23.8. The predicted octanol–water partition coefficient (Wildman–Crippen LogP) is 8.49. The SMILES string of the molecule is CCCCCC#CC#Cc1c(CC#CCCCCC)cc(-c2ccc(OC)cc2)nc1-c1ccc(OC)cc1. The summed E-state index contributed by atoms with van der Waals surface area (Å²) >= 11 is 0. The van der Waals surface area contributed by atoms with Crippen molar-refractivity contribution in [1.82, 2.24) is 4.98 Å². The lowest BCUT2D eigenvalue weighted by atomic mass is 9.96. The number of unbranched alkanes of at least 4 members (excludes halogenated alkanes) is 6. The van der Waals surface area contributed by atoms with Crippen molar-refractivity contribution >= 4 is 0 Å². The summed E-state index contributed by atoms with van der Waals surface area (Å²) in [4.78, 5) is 5.11. The summed E-state index contributed by atoms with van der Waals surface area (Å²) in [5, 5.41) is 0. The molecular formula is C36H39NO2. The van der Waals surface area contributed by atoms with Gasteiger partial charge >= 0.3 is 0 Å². The molecule has 0 atom stereocenters. The van der Waals surface area contributed by atoms with E-state index in [1.54, 1.807) is 14.2 Å². The minimum atomic E-state index is 0.606. The third-order valence-corrected chi connectivity index (χ3v) is 6.40. The van der Waals surface area contributed by atoms with E-state index >= 15 is 0 Å². The predicted molar refractivity (Wildman–Crippen MR) is 163 cm³/mol. The molecule has 3 heteroatoms. The second-order valence-corrected chi connectivity index (χ2v) is 9.34. The average molecular weight is 518 g/mol. The van der Waals surface area contributed by atoms with Crippen molar-refractivity contribution in [2.45, 2.75) is 71.6 Å². The molecule has 0 saturated heterocycles. The van der Waals surface area contributed by atoms with Crippen LogP contribution in [-0.2, 0) is 6.42 Å². The Kier molecular flexibility index (Phi) is 12.6. The van der Waals surface area contributed by atoms with Gasteiger partial charge in [-0.3, -0.25) is 0 Å². The first-order chi connectivity index (χ1) is 19.2. The molecule has 0 N–H and O–H groups in total. The van der Waals surface area contributed by atoms with E-state index in [4.69, 9.17) is 14.5 Å². The van der Waals surface area contributed by atoms with Crippen LogP contribution in [0.2, 0.25) is 0 Å². The van der Waals surface area contributed by atoms with Crippen molar-refractivity contribution in [2.75, 3.05) is 14.2 Å². The van der Waals surface area contributed by atoms with E-state index in [0.29, 0.717) is 6.42 Å². The second kappa shape index (κ2) is 16.7. The van der Waals surface area contributed by atoms with Crippen molar-refractivity contribution in [3.63, 3.8) is 0 Å². The quantitative estimate of drug-likeness (QED) is 0.189. The molecule has 0 aliphatic rings. The standard InChI is InChI=1S/C36H39NO2/c1-5-7-9-11-13-15-17-19-34-31(18-16-14-12-10-8-6-2)28-35(29-20-24-32(38-3)25-21-29)37-36(34)30-22-26-33(39-4)27-23-30/h20-28H,5-12,18H2,1-4H3. The molecule has 0 aliphatic heterocycles. The monoisotopic (exact) mass is 517 g/mol. The van der Waals surface area contributed by atoms with Crippen LogP contribution < -0.4 is 9.47 Å². The van der Waals surface area contributed by atoms with E-state index in [1.807, 2.05) is 48.5 Å². The van der Waals surface area contributed by atoms with E-state index in [1.165, 1.54) is 25.7 Å². The van der Waals surface area contributed by atoms with Gasteiger partial charge in [-0.25, -0.2) is 4.98 Å². The van der Waals surface area contributed by atoms with Gasteiger partial charge in [-0.05, 0) is 84.8 Å². The van der Waals surface area contributed by atoms with Crippen LogP contribution in [0.25, 0.3) is 22.5 Å². The highest BCUT2D eigenvalue weighted by Gasteiger charge is 2.14. The average Bonchev–Trinajstić information content (AvgIpc) is 2.98. The van der Waals surface area contributed by atoms with Gasteiger partial charge in [-0.2, -0.15) is 0 Å². The van der Waals surface area contributed by atoms with Crippen LogP contribution in [0.3, 0.4) is 0 Å². The molecule has 0 spiro atoms. The van der Waals surface area contributed by atoms with Gasteiger partial charge in [0.2, 0.25) is 0 Å². The van der Waals surface area contributed by atoms with Crippen molar-refractivity contribution in [1.29, 1.82) is 0 Å². The van der Waals surface area contributed by atoms with Crippen LogP contribution in [0.1, 0.15) is 76.3 Å². The number of methoxy groups -OCH3 is 2. The van der Waals surface area contributed by atoms with Crippen molar-refractivity contribution in [3.8, 4) is 69.5 Å². The minimum absolute atomic E-state index is 0.606. The molecule has 1 heterocycles. The van der Waals surface area contributed by atoms with E-state index in [9.17, 15) is 0 Å². The van der Waals surface area contributed by atoms with Gasteiger partial charge < -0.3 is 9.47 Å². The summed E-state index contributed by atoms with van der Waals surface area (Å²) in [6, 6.07) is 18.1. The maximum Gasteiger partial charge on any atom is 0.118 e. The molecule has 3 aromatic rings. The maximum absolute atomic E-state index is 5.39. The Balaban J connectivity index is 2.10. The summed E-state index contributed by atoms with van der Waals surface area (Å²) in [6.45, 7) is 4.41. The number of ether oxygens (including phenoxy) is 2. The van der Waals surface area contributed by atoms with Gasteiger partial charge in [0.25, 0.3) is 0 Å². The fourth-order valence-corrected chi connectivity index (χ4v) is 4.12. The van der Waals surface area contributed by atoms with E-state index < -0.39 is 0 Å². The number of nitrogens with zero attached hydrogens (tertiary/aromatic N) is 1. The smallest absolute Gasteiger partial charge is 0.118 e. The highest BCUT2D eigenvalue weighted by molar-refractivity contribution is 5.75. The Bertz CT molecular complexity index is 1370. The molecule has 39 heavy (non-hydrogen) atoms. The first kappa shape index (κ1) is 29.4. The van der Waals surface area contributed by atoms with Gasteiger partial charge in [0, 0.05) is 30.4 Å². The Labute approximate surface area is 235 Å². The Morgan fingerprint density at radius 2 is 1.26 bits per heavy atom. The van der Waals surface area contributed by atoms with Crippen LogP contribution in [0.5, 0.6) is 11.5 Å². The molecule has 0 unspecified atom stereocenters. The van der Waals surface area contributed by atoms with Gasteiger partial charge in [0.05, 0.1) is 31.2 Å². The first-order valence-electron chi connectivity index (χ1n) is 14.0. The zero-order valence-corrected chi connectivity index (χ0v) is 23.8. The van der Waals surface area contributed by atoms with Gasteiger partial charge in [0.1, 0.15) is 11.5 Å². The molecule has 0 aliphatic carbocycles. The van der Waals surface area contributed by atoms with E-state index in [0.717, 1.165) is 70.8 Å². The van der Waals surface area contributed by atoms with E-state index in [2.05, 4.69) is 55.4 Å². The van der Waals surface area contributed by atoms with Crippen LogP contribution in [-0.4, -0.2) is 19.2 Å². The Hall–Kier alpha value is -4.13. The first-order valence-corrected chi connectivity index (χ1v) is 14.0. The summed E-state index contributed by atoms with van der Waals surface area (Å²) < 4.78 is 10.8. The summed E-state index contributed by atoms with van der Waals surface area (Å²) in [6.07, 6.45) is 9.43. The third-order valence-electron chi connectivity index (χ3n) is 6.40. The van der Waals surface area contributed by atoms with Crippen molar-refractivity contribution in [2.24, 2.45) is 0 Å². The molecule has 0 bridgehead atoms. The molecule has 0 fully saturated rings. The number of benzene rings is 2. The number of pyridine rings is 1. The summed E-state index contributed by atoms with van der Waals surface area (Å²) in [7, 11) is 3.34. The molecule has 2 aromatic carbocycles. The van der Waals surface area contributed by atoms with E-state index in [-0.39, 0.29) is 0 Å². The molecule has 200 valence electrons.